The van der Waals surface area contributed by atoms with Crippen LogP contribution in [0.3, 0.4) is 0 Å². The van der Waals surface area contributed by atoms with Crippen LogP contribution in [0, 0.1) is 5.92 Å². The standard InChI is InChI=1S/C13H21N3/c1-16(10-11-4-2-3-5-11)13-6-7-15-9-12(13)8-14/h6-7,9,11H,2-5,8,10,14H2,1H3. The van der Waals surface area contributed by atoms with Crippen molar-refractivity contribution in [2.45, 2.75) is 32.2 Å². The molecule has 0 amide bonds. The average molecular weight is 219 g/mol. The number of nitrogens with two attached hydrogens (primary N) is 1. The van der Waals surface area contributed by atoms with Crippen molar-refractivity contribution in [1.82, 2.24) is 4.98 Å². The summed E-state index contributed by atoms with van der Waals surface area (Å²) in [5, 5.41) is 0. The minimum absolute atomic E-state index is 0.568. The van der Waals surface area contributed by atoms with Crippen LogP contribution in [0.4, 0.5) is 5.69 Å². The number of hydrogen-bond donors (Lipinski definition) is 1. The van der Waals surface area contributed by atoms with Gasteiger partial charge in [-0.05, 0) is 24.8 Å². The zero-order chi connectivity index (χ0) is 11.4. The highest BCUT2D eigenvalue weighted by molar-refractivity contribution is 5.51. The van der Waals surface area contributed by atoms with Crippen molar-refractivity contribution in [2.75, 3.05) is 18.5 Å². The molecule has 1 fully saturated rings. The van der Waals surface area contributed by atoms with E-state index in [2.05, 4.69) is 23.0 Å². The van der Waals surface area contributed by atoms with Crippen LogP contribution >= 0.6 is 0 Å². The fourth-order valence-electron chi connectivity index (χ4n) is 2.63. The highest BCUT2D eigenvalue weighted by Crippen LogP contribution is 2.27. The predicted octanol–water partition coefficient (Wildman–Crippen LogP) is 2.17. The highest BCUT2D eigenvalue weighted by Gasteiger charge is 2.17. The Hall–Kier alpha value is -1.09. The van der Waals surface area contributed by atoms with Crippen molar-refractivity contribution >= 4 is 5.69 Å². The van der Waals surface area contributed by atoms with E-state index in [0.29, 0.717) is 6.54 Å². The van der Waals surface area contributed by atoms with Gasteiger partial charge in [-0.15, -0.1) is 0 Å². The number of aromatic nitrogens is 1. The maximum atomic E-state index is 5.73. The molecule has 2 N–H and O–H groups in total. The van der Waals surface area contributed by atoms with Gasteiger partial charge in [-0.3, -0.25) is 4.98 Å². The van der Waals surface area contributed by atoms with Crippen LogP contribution in [0.15, 0.2) is 18.5 Å². The van der Waals surface area contributed by atoms with Crippen molar-refractivity contribution in [3.63, 3.8) is 0 Å². The first-order chi connectivity index (χ1) is 7.81. The van der Waals surface area contributed by atoms with E-state index in [1.165, 1.54) is 31.4 Å². The minimum Gasteiger partial charge on any atom is -0.374 e. The van der Waals surface area contributed by atoms with Gasteiger partial charge in [-0.1, -0.05) is 12.8 Å². The summed E-state index contributed by atoms with van der Waals surface area (Å²) in [6.07, 6.45) is 9.29. The number of hydrogen-bond acceptors (Lipinski definition) is 3. The van der Waals surface area contributed by atoms with Gasteiger partial charge in [0.1, 0.15) is 0 Å². The second-order valence-corrected chi connectivity index (χ2v) is 4.74. The van der Waals surface area contributed by atoms with Gasteiger partial charge in [0.25, 0.3) is 0 Å². The molecule has 0 atom stereocenters. The van der Waals surface area contributed by atoms with Crippen molar-refractivity contribution < 1.29 is 0 Å². The van der Waals surface area contributed by atoms with Gasteiger partial charge < -0.3 is 10.6 Å². The van der Waals surface area contributed by atoms with Gasteiger partial charge in [0, 0.05) is 43.8 Å². The quantitative estimate of drug-likeness (QED) is 0.844. The first kappa shape index (κ1) is 11.4. The second kappa shape index (κ2) is 5.30. The van der Waals surface area contributed by atoms with E-state index in [4.69, 9.17) is 5.73 Å². The summed E-state index contributed by atoms with van der Waals surface area (Å²) in [5.41, 5.74) is 8.11. The second-order valence-electron chi connectivity index (χ2n) is 4.74. The van der Waals surface area contributed by atoms with E-state index in [-0.39, 0.29) is 0 Å². The Labute approximate surface area is 97.7 Å². The van der Waals surface area contributed by atoms with Crippen molar-refractivity contribution in [1.29, 1.82) is 0 Å². The molecule has 0 spiro atoms. The molecular formula is C13H21N3. The number of rotatable bonds is 4. The Morgan fingerprint density at radius 2 is 2.19 bits per heavy atom. The third-order valence-corrected chi connectivity index (χ3v) is 3.52. The number of nitrogens with zero attached hydrogens (tertiary/aromatic N) is 2. The van der Waals surface area contributed by atoms with Gasteiger partial charge in [0.05, 0.1) is 0 Å². The molecule has 3 nitrogen and oxygen atoms in total. The van der Waals surface area contributed by atoms with E-state index in [1.807, 2.05) is 12.4 Å². The van der Waals surface area contributed by atoms with Crippen LogP contribution in [0.5, 0.6) is 0 Å². The van der Waals surface area contributed by atoms with Gasteiger partial charge in [-0.25, -0.2) is 0 Å². The Kier molecular flexibility index (Phi) is 3.78. The Morgan fingerprint density at radius 1 is 1.44 bits per heavy atom. The molecule has 1 saturated carbocycles. The normalized spacial score (nSPS) is 16.6. The summed E-state index contributed by atoms with van der Waals surface area (Å²) < 4.78 is 0. The smallest absolute Gasteiger partial charge is 0.0440 e. The summed E-state index contributed by atoms with van der Waals surface area (Å²) in [7, 11) is 2.16. The third kappa shape index (κ3) is 2.53. The van der Waals surface area contributed by atoms with E-state index in [0.717, 1.165) is 18.0 Å². The van der Waals surface area contributed by atoms with Crippen molar-refractivity contribution in [3.05, 3.63) is 24.0 Å². The lowest BCUT2D eigenvalue weighted by Crippen LogP contribution is -2.25. The lowest BCUT2D eigenvalue weighted by molar-refractivity contribution is 0.546. The molecule has 0 saturated heterocycles. The fourth-order valence-corrected chi connectivity index (χ4v) is 2.63. The van der Waals surface area contributed by atoms with E-state index >= 15 is 0 Å². The zero-order valence-electron chi connectivity index (χ0n) is 10.0. The van der Waals surface area contributed by atoms with Crippen LogP contribution in [-0.4, -0.2) is 18.6 Å². The van der Waals surface area contributed by atoms with Gasteiger partial charge in [0.2, 0.25) is 0 Å². The first-order valence-corrected chi connectivity index (χ1v) is 6.15. The predicted molar refractivity (Wildman–Crippen MR) is 67.4 cm³/mol. The Balaban J connectivity index is 2.04. The maximum Gasteiger partial charge on any atom is 0.0440 e. The SMILES string of the molecule is CN(CC1CCCC1)c1ccncc1CN. The fraction of sp³-hybridized carbons (Fsp3) is 0.615. The molecule has 0 aromatic carbocycles. The number of anilines is 1. The summed E-state index contributed by atoms with van der Waals surface area (Å²) in [6.45, 7) is 1.72. The molecule has 88 valence electrons. The summed E-state index contributed by atoms with van der Waals surface area (Å²) in [6, 6.07) is 2.07. The molecule has 1 heterocycles. The molecule has 0 radical (unpaired) electrons. The van der Waals surface area contributed by atoms with Crippen LogP contribution in [0.25, 0.3) is 0 Å². The average Bonchev–Trinajstić information content (AvgIpc) is 2.81. The molecule has 1 aliphatic carbocycles. The molecule has 1 aromatic heterocycles. The number of pyridine rings is 1. The molecule has 0 aliphatic heterocycles. The van der Waals surface area contributed by atoms with E-state index in [9.17, 15) is 0 Å². The van der Waals surface area contributed by atoms with Gasteiger partial charge in [-0.2, -0.15) is 0 Å². The topological polar surface area (TPSA) is 42.2 Å². The Morgan fingerprint density at radius 3 is 2.88 bits per heavy atom. The minimum atomic E-state index is 0.568. The molecule has 2 rings (SSSR count). The molecule has 0 unspecified atom stereocenters. The summed E-state index contributed by atoms with van der Waals surface area (Å²) >= 11 is 0. The maximum absolute atomic E-state index is 5.73. The highest BCUT2D eigenvalue weighted by atomic mass is 15.1. The summed E-state index contributed by atoms with van der Waals surface area (Å²) in [4.78, 5) is 6.46. The zero-order valence-corrected chi connectivity index (χ0v) is 10.0. The Bertz CT molecular complexity index is 332. The lowest BCUT2D eigenvalue weighted by atomic mass is 10.1. The van der Waals surface area contributed by atoms with Crippen LogP contribution in [-0.2, 0) is 6.54 Å². The third-order valence-electron chi connectivity index (χ3n) is 3.52. The van der Waals surface area contributed by atoms with E-state index < -0.39 is 0 Å². The first-order valence-electron chi connectivity index (χ1n) is 6.15. The van der Waals surface area contributed by atoms with Crippen molar-refractivity contribution in [2.24, 2.45) is 11.7 Å². The van der Waals surface area contributed by atoms with Gasteiger partial charge in [0.15, 0.2) is 0 Å². The van der Waals surface area contributed by atoms with Crippen LogP contribution in [0.2, 0.25) is 0 Å². The van der Waals surface area contributed by atoms with Crippen LogP contribution < -0.4 is 10.6 Å². The molecule has 3 heteroatoms. The van der Waals surface area contributed by atoms with Crippen LogP contribution in [0.1, 0.15) is 31.2 Å². The van der Waals surface area contributed by atoms with Crippen molar-refractivity contribution in [3.8, 4) is 0 Å². The van der Waals surface area contributed by atoms with E-state index in [1.54, 1.807) is 0 Å². The molecule has 0 bridgehead atoms. The molecule has 16 heavy (non-hydrogen) atoms. The largest absolute Gasteiger partial charge is 0.374 e. The van der Waals surface area contributed by atoms with Gasteiger partial charge >= 0.3 is 0 Å². The monoisotopic (exact) mass is 219 g/mol. The molecular weight excluding hydrogens is 198 g/mol. The molecule has 1 aliphatic rings. The summed E-state index contributed by atoms with van der Waals surface area (Å²) in [5.74, 6) is 0.865. The molecule has 1 aromatic rings. The lowest BCUT2D eigenvalue weighted by Gasteiger charge is -2.24.